The first-order valence-corrected chi connectivity index (χ1v) is 6.78. The van der Waals surface area contributed by atoms with Gasteiger partial charge in [-0.15, -0.1) is 0 Å². The van der Waals surface area contributed by atoms with Crippen LogP contribution in [-0.4, -0.2) is 24.1 Å². The third kappa shape index (κ3) is 2.72. The lowest BCUT2D eigenvalue weighted by Gasteiger charge is -2.12. The minimum Gasteiger partial charge on any atom is -0.366 e. The molecule has 2 aromatic rings. The first-order chi connectivity index (χ1) is 9.72. The van der Waals surface area contributed by atoms with E-state index in [0.717, 1.165) is 25.5 Å². The highest BCUT2D eigenvalue weighted by atomic mass is 15.2. The summed E-state index contributed by atoms with van der Waals surface area (Å²) in [5.74, 6) is 1.57. The van der Waals surface area contributed by atoms with Gasteiger partial charge in [0.25, 0.3) is 0 Å². The van der Waals surface area contributed by atoms with Crippen molar-refractivity contribution in [2.45, 2.75) is 19.6 Å². The van der Waals surface area contributed by atoms with Crippen LogP contribution in [0.5, 0.6) is 0 Å². The van der Waals surface area contributed by atoms with Crippen molar-refractivity contribution >= 4 is 11.8 Å². The third-order valence-electron chi connectivity index (χ3n) is 3.42. The molecule has 0 unspecified atom stereocenters. The van der Waals surface area contributed by atoms with Crippen LogP contribution in [0, 0.1) is 0 Å². The van der Waals surface area contributed by atoms with Gasteiger partial charge in [0.1, 0.15) is 5.82 Å². The van der Waals surface area contributed by atoms with Crippen molar-refractivity contribution in [3.8, 4) is 0 Å². The van der Waals surface area contributed by atoms with E-state index in [9.17, 15) is 0 Å². The van der Waals surface area contributed by atoms with Gasteiger partial charge in [-0.1, -0.05) is 18.2 Å². The van der Waals surface area contributed by atoms with Gasteiger partial charge in [0.15, 0.2) is 0 Å². The molecule has 1 aromatic carbocycles. The summed E-state index contributed by atoms with van der Waals surface area (Å²) in [5, 5.41) is 6.71. The monoisotopic (exact) mass is 269 g/mol. The maximum Gasteiger partial charge on any atom is 0.226 e. The fourth-order valence-corrected chi connectivity index (χ4v) is 2.31. The van der Waals surface area contributed by atoms with Gasteiger partial charge in [0.2, 0.25) is 5.95 Å². The van der Waals surface area contributed by atoms with Gasteiger partial charge in [0.05, 0.1) is 0 Å². The summed E-state index contributed by atoms with van der Waals surface area (Å²) in [6.45, 7) is 2.74. The second kappa shape index (κ2) is 5.46. The second-order valence-electron chi connectivity index (χ2n) is 5.20. The first-order valence-electron chi connectivity index (χ1n) is 6.78. The molecule has 2 heterocycles. The van der Waals surface area contributed by atoms with Crippen LogP contribution in [0.4, 0.5) is 11.8 Å². The molecule has 0 aliphatic carbocycles. The quantitative estimate of drug-likeness (QED) is 0.886. The van der Waals surface area contributed by atoms with E-state index < -0.39 is 0 Å². The Balaban J connectivity index is 1.69. The number of hydrogen-bond donors (Lipinski definition) is 2. The summed E-state index contributed by atoms with van der Waals surface area (Å²) in [6.07, 6.45) is 1.78. The van der Waals surface area contributed by atoms with E-state index in [2.05, 4.69) is 38.8 Å². The molecule has 1 aliphatic heterocycles. The Kier molecular flexibility index (Phi) is 3.52. The Morgan fingerprint density at radius 2 is 2.05 bits per heavy atom. The van der Waals surface area contributed by atoms with E-state index in [-0.39, 0.29) is 0 Å². The van der Waals surface area contributed by atoms with Gasteiger partial charge >= 0.3 is 0 Å². The van der Waals surface area contributed by atoms with Crippen LogP contribution in [-0.2, 0) is 19.6 Å². The molecule has 0 bridgehead atoms. The molecule has 0 atom stereocenters. The molecular formula is C15H19N5. The lowest BCUT2D eigenvalue weighted by atomic mass is 10.1. The van der Waals surface area contributed by atoms with Crippen LogP contribution in [0.25, 0.3) is 0 Å². The Hall–Kier alpha value is -2.14. The van der Waals surface area contributed by atoms with Crippen molar-refractivity contribution < 1.29 is 0 Å². The van der Waals surface area contributed by atoms with E-state index >= 15 is 0 Å². The van der Waals surface area contributed by atoms with E-state index in [0.29, 0.717) is 5.95 Å². The van der Waals surface area contributed by atoms with Crippen LogP contribution >= 0.6 is 0 Å². The normalized spacial score (nSPS) is 13.1. The molecule has 2 N–H and O–H groups in total. The van der Waals surface area contributed by atoms with E-state index in [1.807, 2.05) is 25.1 Å². The summed E-state index contributed by atoms with van der Waals surface area (Å²) < 4.78 is 0. The molecule has 5 nitrogen and oxygen atoms in total. The Morgan fingerprint density at radius 1 is 1.20 bits per heavy atom. The lowest BCUT2D eigenvalue weighted by molar-refractivity contribution is 0.764. The molecule has 0 saturated carbocycles. The number of benzene rings is 1. The van der Waals surface area contributed by atoms with Crippen LogP contribution in [0.3, 0.4) is 0 Å². The van der Waals surface area contributed by atoms with Crippen molar-refractivity contribution in [2.24, 2.45) is 0 Å². The number of nitrogens with zero attached hydrogens (tertiary/aromatic N) is 3. The van der Waals surface area contributed by atoms with Gasteiger partial charge in [-0.05, 0) is 22.8 Å². The molecular weight excluding hydrogens is 250 g/mol. The minimum atomic E-state index is 0.716. The highest BCUT2D eigenvalue weighted by molar-refractivity contribution is 5.42. The van der Waals surface area contributed by atoms with Crippen molar-refractivity contribution in [1.29, 1.82) is 0 Å². The van der Waals surface area contributed by atoms with Gasteiger partial charge in [-0.3, -0.25) is 0 Å². The average Bonchev–Trinajstić information content (AvgIpc) is 2.93. The van der Waals surface area contributed by atoms with E-state index in [4.69, 9.17) is 0 Å². The molecule has 20 heavy (non-hydrogen) atoms. The Labute approximate surface area is 119 Å². The molecule has 104 valence electrons. The topological polar surface area (TPSA) is 53.1 Å². The molecule has 0 saturated heterocycles. The standard InChI is InChI=1S/C15H19N5/c1-20(2)15-17-6-5-14(19-15)18-8-11-3-4-12-9-16-10-13(12)7-11/h3-7,16H,8-10H2,1-2H3,(H,17,18,19). The van der Waals surface area contributed by atoms with Crippen LogP contribution in [0.2, 0.25) is 0 Å². The van der Waals surface area contributed by atoms with Gasteiger partial charge < -0.3 is 15.5 Å². The lowest BCUT2D eigenvalue weighted by Crippen LogP contribution is -2.13. The molecule has 0 spiro atoms. The molecule has 1 aliphatic rings. The number of hydrogen-bond acceptors (Lipinski definition) is 5. The largest absolute Gasteiger partial charge is 0.366 e. The molecule has 5 heteroatoms. The van der Waals surface area contributed by atoms with E-state index in [1.54, 1.807) is 6.20 Å². The van der Waals surface area contributed by atoms with Crippen LogP contribution < -0.4 is 15.5 Å². The summed E-state index contributed by atoms with van der Waals surface area (Å²) in [7, 11) is 3.87. The SMILES string of the molecule is CN(C)c1nccc(NCc2ccc3c(c2)CNC3)n1. The van der Waals surface area contributed by atoms with Gasteiger partial charge in [-0.25, -0.2) is 4.98 Å². The van der Waals surface area contributed by atoms with Gasteiger partial charge in [0, 0.05) is 39.9 Å². The number of fused-ring (bicyclic) bond motifs is 1. The molecule has 3 rings (SSSR count). The summed E-state index contributed by atoms with van der Waals surface area (Å²) >= 11 is 0. The molecule has 1 aromatic heterocycles. The third-order valence-corrected chi connectivity index (χ3v) is 3.42. The second-order valence-corrected chi connectivity index (χ2v) is 5.20. The van der Waals surface area contributed by atoms with Crippen LogP contribution in [0.1, 0.15) is 16.7 Å². The summed E-state index contributed by atoms with van der Waals surface area (Å²) in [4.78, 5) is 10.6. The number of aromatic nitrogens is 2. The molecule has 0 fully saturated rings. The minimum absolute atomic E-state index is 0.716. The van der Waals surface area contributed by atoms with Crippen molar-refractivity contribution in [3.63, 3.8) is 0 Å². The fourth-order valence-electron chi connectivity index (χ4n) is 2.31. The average molecular weight is 269 g/mol. The summed E-state index contributed by atoms with van der Waals surface area (Å²) in [6, 6.07) is 8.53. The Morgan fingerprint density at radius 3 is 2.90 bits per heavy atom. The van der Waals surface area contributed by atoms with Crippen molar-refractivity contribution in [1.82, 2.24) is 15.3 Å². The smallest absolute Gasteiger partial charge is 0.226 e. The Bertz CT molecular complexity index is 609. The zero-order valence-electron chi connectivity index (χ0n) is 11.8. The maximum atomic E-state index is 4.45. The number of rotatable bonds is 4. The maximum absolute atomic E-state index is 4.45. The number of nitrogens with one attached hydrogen (secondary N) is 2. The highest BCUT2D eigenvalue weighted by Crippen LogP contribution is 2.18. The zero-order valence-corrected chi connectivity index (χ0v) is 11.8. The molecule has 0 radical (unpaired) electrons. The predicted molar refractivity (Wildman–Crippen MR) is 80.7 cm³/mol. The highest BCUT2D eigenvalue weighted by Gasteiger charge is 2.09. The fraction of sp³-hybridized carbons (Fsp3) is 0.333. The summed E-state index contributed by atoms with van der Waals surface area (Å²) in [5.41, 5.74) is 4.09. The number of anilines is 2. The molecule has 0 amide bonds. The zero-order chi connectivity index (χ0) is 13.9. The van der Waals surface area contributed by atoms with Crippen LogP contribution in [0.15, 0.2) is 30.5 Å². The van der Waals surface area contributed by atoms with E-state index in [1.165, 1.54) is 16.7 Å². The van der Waals surface area contributed by atoms with Crippen molar-refractivity contribution in [2.75, 3.05) is 24.3 Å². The van der Waals surface area contributed by atoms with Crippen molar-refractivity contribution in [3.05, 3.63) is 47.2 Å². The van der Waals surface area contributed by atoms with Gasteiger partial charge in [-0.2, -0.15) is 4.98 Å². The first kappa shape index (κ1) is 12.9. The predicted octanol–water partition coefficient (Wildman–Crippen LogP) is 1.76.